The van der Waals surface area contributed by atoms with Gasteiger partial charge in [-0.05, 0) is 55.4 Å². The van der Waals surface area contributed by atoms with Crippen molar-refractivity contribution in [3.63, 3.8) is 0 Å². The number of halogens is 1. The van der Waals surface area contributed by atoms with E-state index in [9.17, 15) is 9.65 Å². The fraction of sp³-hybridized carbons (Fsp3) is 0.455. The van der Waals surface area contributed by atoms with E-state index in [1.165, 1.54) is 6.08 Å². The number of hydrogen-bond donors (Lipinski definition) is 2. The van der Waals surface area contributed by atoms with Crippen molar-refractivity contribution < 1.29 is 4.39 Å². The molecule has 4 rings (SSSR count). The predicted molar refractivity (Wildman–Crippen MR) is 105 cm³/mol. The van der Waals surface area contributed by atoms with E-state index in [2.05, 4.69) is 34.6 Å². The average molecular weight is 364 g/mol. The van der Waals surface area contributed by atoms with Crippen LogP contribution in [0.15, 0.2) is 64.2 Å². The minimum absolute atomic E-state index is 0.206. The smallest absolute Gasteiger partial charge is 0.117 e. The third-order valence-corrected chi connectivity index (χ3v) is 5.97. The minimum Gasteiger partial charge on any atom is -0.385 e. The van der Waals surface area contributed by atoms with E-state index in [0.29, 0.717) is 18.5 Å². The van der Waals surface area contributed by atoms with Gasteiger partial charge in [-0.25, -0.2) is 4.39 Å². The molecule has 140 valence electrons. The summed E-state index contributed by atoms with van der Waals surface area (Å²) in [6.07, 6.45) is 18.2. The van der Waals surface area contributed by atoms with Gasteiger partial charge >= 0.3 is 0 Å². The van der Waals surface area contributed by atoms with Crippen molar-refractivity contribution >= 4 is 6.21 Å². The molecule has 27 heavy (non-hydrogen) atoms. The first-order valence-corrected chi connectivity index (χ1v) is 9.76. The molecule has 0 spiro atoms. The molecule has 0 aromatic carbocycles. The molecule has 3 N–H and O–H groups in total. The molecule has 0 amide bonds. The number of nitriles is 1. The molecule has 0 bridgehead atoms. The summed E-state index contributed by atoms with van der Waals surface area (Å²) in [6, 6.07) is 2.82. The van der Waals surface area contributed by atoms with Gasteiger partial charge in [0.15, 0.2) is 0 Å². The summed E-state index contributed by atoms with van der Waals surface area (Å²) in [5.41, 5.74) is 9.30. The maximum absolute atomic E-state index is 13.8. The summed E-state index contributed by atoms with van der Waals surface area (Å²) in [6.45, 7) is 0. The second-order valence-corrected chi connectivity index (χ2v) is 7.85. The minimum atomic E-state index is -0.684. The van der Waals surface area contributed by atoms with Crippen LogP contribution in [0.4, 0.5) is 4.39 Å². The summed E-state index contributed by atoms with van der Waals surface area (Å²) in [5.74, 6) is -0.594. The lowest BCUT2D eigenvalue weighted by Crippen LogP contribution is -2.40. The van der Waals surface area contributed by atoms with Gasteiger partial charge in [0, 0.05) is 42.0 Å². The number of hydrogen-bond acceptors (Lipinski definition) is 4. The van der Waals surface area contributed by atoms with Crippen LogP contribution < -0.4 is 11.1 Å². The van der Waals surface area contributed by atoms with Crippen molar-refractivity contribution in [2.75, 3.05) is 0 Å². The quantitative estimate of drug-likeness (QED) is 0.799. The van der Waals surface area contributed by atoms with Gasteiger partial charge in [-0.2, -0.15) is 5.26 Å². The lowest BCUT2D eigenvalue weighted by molar-refractivity contribution is 0.351. The molecule has 3 atom stereocenters. The zero-order chi connectivity index (χ0) is 18.8. The zero-order valence-corrected chi connectivity index (χ0v) is 15.3. The number of nitrogens with zero attached hydrogens (tertiary/aromatic N) is 2. The standard InChI is InChI=1S/C22H25FN4/c23-21-6-1-14(9-17(21)12-24)16-10-15-7-8-26-13-20(15)22(11-16)27-19-4-2-18(25)3-5-19/h1,6-8,10-11,13,15,17-20,27H,2-5,9,25H2. The number of allylic oxidation sites excluding steroid dienone is 9. The van der Waals surface area contributed by atoms with Crippen molar-refractivity contribution in [1.29, 1.82) is 5.26 Å². The molecule has 0 aromatic rings. The van der Waals surface area contributed by atoms with Gasteiger partial charge in [-0.1, -0.05) is 18.2 Å². The van der Waals surface area contributed by atoms with Gasteiger partial charge in [0.25, 0.3) is 0 Å². The van der Waals surface area contributed by atoms with E-state index in [1.807, 2.05) is 18.5 Å². The van der Waals surface area contributed by atoms with Crippen molar-refractivity contribution in [2.45, 2.75) is 44.2 Å². The highest BCUT2D eigenvalue weighted by atomic mass is 19.1. The molecule has 0 saturated heterocycles. The predicted octanol–water partition coefficient (Wildman–Crippen LogP) is 3.82. The lowest BCUT2D eigenvalue weighted by Gasteiger charge is -2.35. The van der Waals surface area contributed by atoms with Gasteiger partial charge in [-0.15, -0.1) is 0 Å². The number of rotatable bonds is 3. The first-order valence-electron chi connectivity index (χ1n) is 9.76. The topological polar surface area (TPSA) is 74.2 Å². The average Bonchev–Trinajstić information content (AvgIpc) is 2.70. The molecule has 1 aliphatic heterocycles. The SMILES string of the molecule is N#CC1CC(C2=CC3C=CN=CC3C(NC3CCC(N)CC3)=C2)=CC=C1F. The highest BCUT2D eigenvalue weighted by Crippen LogP contribution is 2.37. The van der Waals surface area contributed by atoms with E-state index >= 15 is 0 Å². The Hall–Kier alpha value is -2.45. The fourth-order valence-corrected chi connectivity index (χ4v) is 4.32. The van der Waals surface area contributed by atoms with Gasteiger partial charge in [-0.3, -0.25) is 4.99 Å². The van der Waals surface area contributed by atoms with Crippen molar-refractivity contribution in [3.8, 4) is 6.07 Å². The van der Waals surface area contributed by atoms with E-state index < -0.39 is 5.92 Å². The van der Waals surface area contributed by atoms with Crippen molar-refractivity contribution in [3.05, 3.63) is 59.3 Å². The Balaban J connectivity index is 1.59. The Morgan fingerprint density at radius 1 is 1.22 bits per heavy atom. The Morgan fingerprint density at radius 3 is 2.81 bits per heavy atom. The maximum Gasteiger partial charge on any atom is 0.117 e. The Kier molecular flexibility index (Phi) is 5.09. The number of nitrogens with two attached hydrogens (primary N) is 1. The molecule has 0 aromatic heterocycles. The first kappa shape index (κ1) is 17.9. The second-order valence-electron chi connectivity index (χ2n) is 7.85. The third kappa shape index (κ3) is 3.81. The van der Waals surface area contributed by atoms with Gasteiger partial charge in [0.05, 0.1) is 6.07 Å². The van der Waals surface area contributed by atoms with E-state index in [4.69, 9.17) is 5.73 Å². The molecule has 4 nitrogen and oxygen atoms in total. The summed E-state index contributed by atoms with van der Waals surface area (Å²) < 4.78 is 13.8. The molecule has 1 heterocycles. The molecule has 3 unspecified atom stereocenters. The molecule has 5 heteroatoms. The fourth-order valence-electron chi connectivity index (χ4n) is 4.32. The molecule has 0 radical (unpaired) electrons. The monoisotopic (exact) mass is 364 g/mol. The number of nitrogens with one attached hydrogen (secondary N) is 1. The van der Waals surface area contributed by atoms with E-state index in [-0.39, 0.29) is 17.7 Å². The van der Waals surface area contributed by atoms with E-state index in [0.717, 1.165) is 42.5 Å². The lowest BCUT2D eigenvalue weighted by atomic mass is 9.78. The largest absolute Gasteiger partial charge is 0.385 e. The molecule has 3 aliphatic carbocycles. The Labute approximate surface area is 159 Å². The van der Waals surface area contributed by atoms with Crippen LogP contribution >= 0.6 is 0 Å². The maximum atomic E-state index is 13.8. The van der Waals surface area contributed by atoms with Gasteiger partial charge in [0.2, 0.25) is 0 Å². The van der Waals surface area contributed by atoms with Crippen LogP contribution in [0.1, 0.15) is 32.1 Å². The molecule has 1 fully saturated rings. The van der Waals surface area contributed by atoms with Crippen LogP contribution in [0.25, 0.3) is 0 Å². The highest BCUT2D eigenvalue weighted by Gasteiger charge is 2.30. The molecule has 4 aliphatic rings. The van der Waals surface area contributed by atoms with Crippen LogP contribution in [-0.4, -0.2) is 18.3 Å². The normalized spacial score (nSPS) is 35.2. The van der Waals surface area contributed by atoms with Gasteiger partial charge < -0.3 is 11.1 Å². The zero-order valence-electron chi connectivity index (χ0n) is 15.3. The Bertz CT molecular complexity index is 816. The van der Waals surface area contributed by atoms with Crippen LogP contribution in [0.2, 0.25) is 0 Å². The first-order chi connectivity index (χ1) is 13.1. The van der Waals surface area contributed by atoms with Crippen LogP contribution in [0.5, 0.6) is 0 Å². The molecule has 1 saturated carbocycles. The number of fused-ring (bicyclic) bond motifs is 1. The summed E-state index contributed by atoms with van der Waals surface area (Å²) in [5, 5.41) is 12.9. The summed E-state index contributed by atoms with van der Waals surface area (Å²) in [4.78, 5) is 4.34. The second kappa shape index (κ2) is 7.66. The van der Waals surface area contributed by atoms with Crippen LogP contribution in [-0.2, 0) is 0 Å². The molecular weight excluding hydrogens is 339 g/mol. The highest BCUT2D eigenvalue weighted by molar-refractivity contribution is 5.70. The molecular formula is C22H25FN4. The van der Waals surface area contributed by atoms with Crippen LogP contribution in [0.3, 0.4) is 0 Å². The summed E-state index contributed by atoms with van der Waals surface area (Å²) in [7, 11) is 0. The Morgan fingerprint density at radius 2 is 2.04 bits per heavy atom. The number of aliphatic imine (C=N–C) groups is 1. The van der Waals surface area contributed by atoms with Gasteiger partial charge in [0.1, 0.15) is 11.7 Å². The van der Waals surface area contributed by atoms with E-state index in [1.54, 1.807) is 0 Å². The third-order valence-electron chi connectivity index (χ3n) is 5.97. The summed E-state index contributed by atoms with van der Waals surface area (Å²) >= 11 is 0. The van der Waals surface area contributed by atoms with Crippen molar-refractivity contribution in [2.24, 2.45) is 28.5 Å². The van der Waals surface area contributed by atoms with Crippen molar-refractivity contribution in [1.82, 2.24) is 5.32 Å². The van der Waals surface area contributed by atoms with Crippen LogP contribution in [0, 0.1) is 29.1 Å².